The van der Waals surface area contributed by atoms with E-state index in [1.54, 1.807) is 0 Å². The Bertz CT molecular complexity index is 349. The lowest BCUT2D eigenvalue weighted by molar-refractivity contribution is 0.945. The van der Waals surface area contributed by atoms with Crippen LogP contribution in [-0.2, 0) is 0 Å². The average Bonchev–Trinajstić information content (AvgIpc) is 2.10. The molecular formula is C7H12N4OS. The van der Waals surface area contributed by atoms with Crippen LogP contribution in [0.15, 0.2) is 9.95 Å². The van der Waals surface area contributed by atoms with E-state index in [0.29, 0.717) is 5.16 Å². The highest BCUT2D eigenvalue weighted by molar-refractivity contribution is 7.99. The zero-order valence-corrected chi connectivity index (χ0v) is 8.15. The van der Waals surface area contributed by atoms with Gasteiger partial charge in [0.1, 0.15) is 5.69 Å². The number of anilines is 2. The number of H-pyrrole nitrogens is 1. The molecule has 0 amide bonds. The van der Waals surface area contributed by atoms with E-state index >= 15 is 0 Å². The molecule has 6 heteroatoms. The first kappa shape index (κ1) is 9.91. The number of nitrogens with two attached hydrogens (primary N) is 2. The smallest absolute Gasteiger partial charge is 0.276 e. The number of hydrogen-bond donors (Lipinski definition) is 3. The van der Waals surface area contributed by atoms with Gasteiger partial charge in [-0.3, -0.25) is 9.78 Å². The van der Waals surface area contributed by atoms with Crippen molar-refractivity contribution in [3.05, 3.63) is 10.4 Å². The summed E-state index contributed by atoms with van der Waals surface area (Å²) in [5, 5.41) is 0.526. The summed E-state index contributed by atoms with van der Waals surface area (Å²) in [6, 6.07) is 0. The maximum Gasteiger partial charge on any atom is 0.276 e. The van der Waals surface area contributed by atoms with Crippen molar-refractivity contribution in [3.8, 4) is 0 Å². The van der Waals surface area contributed by atoms with Crippen LogP contribution in [0.4, 0.5) is 11.5 Å². The zero-order chi connectivity index (χ0) is 9.84. The van der Waals surface area contributed by atoms with Gasteiger partial charge in [-0.25, -0.2) is 4.98 Å². The van der Waals surface area contributed by atoms with Gasteiger partial charge in [-0.15, -0.1) is 0 Å². The lowest BCUT2D eigenvalue weighted by atomic mass is 10.5. The minimum Gasteiger partial charge on any atom is -0.391 e. The molecule has 0 atom stereocenters. The fraction of sp³-hybridized carbons (Fsp3) is 0.429. The second-order valence-corrected chi connectivity index (χ2v) is 3.60. The van der Waals surface area contributed by atoms with Crippen LogP contribution in [0.25, 0.3) is 0 Å². The summed E-state index contributed by atoms with van der Waals surface area (Å²) < 4.78 is 0. The largest absolute Gasteiger partial charge is 0.391 e. The van der Waals surface area contributed by atoms with Crippen LogP contribution in [0.5, 0.6) is 0 Å². The second-order valence-electron chi connectivity index (χ2n) is 2.52. The minimum atomic E-state index is -0.369. The number of hydrogen-bond acceptors (Lipinski definition) is 5. The first-order chi connectivity index (χ1) is 6.15. The van der Waals surface area contributed by atoms with Crippen molar-refractivity contribution in [2.45, 2.75) is 18.5 Å². The van der Waals surface area contributed by atoms with Crippen molar-refractivity contribution in [1.82, 2.24) is 9.97 Å². The quantitative estimate of drug-likeness (QED) is 0.485. The van der Waals surface area contributed by atoms with Crippen LogP contribution < -0.4 is 17.0 Å². The number of nitrogens with zero attached hydrogens (tertiary/aromatic N) is 1. The Morgan fingerprint density at radius 2 is 2.23 bits per heavy atom. The first-order valence-electron chi connectivity index (χ1n) is 3.93. The van der Waals surface area contributed by atoms with E-state index in [9.17, 15) is 4.79 Å². The third-order valence-corrected chi connectivity index (χ3v) is 2.49. The number of nitrogen functional groups attached to an aromatic ring is 2. The Balaban J connectivity index is 2.93. The van der Waals surface area contributed by atoms with Crippen LogP contribution in [0.3, 0.4) is 0 Å². The summed E-state index contributed by atoms with van der Waals surface area (Å²) in [4.78, 5) is 17.6. The molecule has 1 aromatic heterocycles. The molecule has 1 rings (SSSR count). The Morgan fingerprint density at radius 3 is 2.77 bits per heavy atom. The molecule has 5 N–H and O–H groups in total. The van der Waals surface area contributed by atoms with E-state index in [2.05, 4.69) is 9.97 Å². The van der Waals surface area contributed by atoms with Gasteiger partial charge in [0.25, 0.3) is 5.56 Å². The molecule has 0 aromatic carbocycles. The van der Waals surface area contributed by atoms with E-state index in [1.807, 2.05) is 6.92 Å². The summed E-state index contributed by atoms with van der Waals surface area (Å²) in [5.41, 5.74) is 10.4. The molecule has 72 valence electrons. The molecule has 13 heavy (non-hydrogen) atoms. The first-order valence-corrected chi connectivity index (χ1v) is 4.91. The molecular weight excluding hydrogens is 188 g/mol. The van der Waals surface area contributed by atoms with E-state index in [0.717, 1.165) is 12.2 Å². The maximum atomic E-state index is 11.1. The van der Waals surface area contributed by atoms with E-state index in [1.165, 1.54) is 11.8 Å². The van der Waals surface area contributed by atoms with Gasteiger partial charge in [0, 0.05) is 5.75 Å². The van der Waals surface area contributed by atoms with Gasteiger partial charge < -0.3 is 11.5 Å². The van der Waals surface area contributed by atoms with Crippen LogP contribution in [0.2, 0.25) is 0 Å². The van der Waals surface area contributed by atoms with Crippen molar-refractivity contribution in [2.75, 3.05) is 17.2 Å². The van der Waals surface area contributed by atoms with Crippen LogP contribution in [0.1, 0.15) is 13.3 Å². The summed E-state index contributed by atoms with van der Waals surface area (Å²) in [6.07, 6.45) is 1.01. The topological polar surface area (TPSA) is 97.8 Å². The fourth-order valence-electron chi connectivity index (χ4n) is 0.745. The molecule has 1 aromatic rings. The zero-order valence-electron chi connectivity index (χ0n) is 7.33. The standard InChI is InChI=1S/C7H12N4OS/c1-2-3-13-7-10-5(9)4(8)6(12)11-7/h2-3,8H2,1H3,(H3,9,10,11,12). The lowest BCUT2D eigenvalue weighted by Crippen LogP contribution is -2.16. The molecule has 0 saturated heterocycles. The average molecular weight is 200 g/mol. The predicted molar refractivity (Wildman–Crippen MR) is 54.7 cm³/mol. The summed E-state index contributed by atoms with van der Waals surface area (Å²) in [6.45, 7) is 2.05. The molecule has 0 unspecified atom stereocenters. The highest BCUT2D eigenvalue weighted by Gasteiger charge is 2.04. The van der Waals surface area contributed by atoms with Gasteiger partial charge in [0.2, 0.25) is 0 Å². The third-order valence-electron chi connectivity index (χ3n) is 1.41. The molecule has 0 spiro atoms. The number of aromatic nitrogens is 2. The fourth-order valence-corrected chi connectivity index (χ4v) is 1.47. The van der Waals surface area contributed by atoms with Crippen LogP contribution in [0, 0.1) is 0 Å². The molecule has 0 aliphatic rings. The molecule has 0 fully saturated rings. The Hall–Kier alpha value is -1.17. The van der Waals surface area contributed by atoms with Gasteiger partial charge in [-0.1, -0.05) is 18.7 Å². The molecule has 0 aliphatic heterocycles. The van der Waals surface area contributed by atoms with Crippen LogP contribution >= 0.6 is 11.8 Å². The van der Waals surface area contributed by atoms with Gasteiger partial charge in [0.15, 0.2) is 11.0 Å². The molecule has 0 bridgehead atoms. The Kier molecular flexibility index (Phi) is 3.18. The predicted octanol–water partition coefficient (Wildman–Crippen LogP) is 0.436. The van der Waals surface area contributed by atoms with Crippen molar-refractivity contribution >= 4 is 23.3 Å². The van der Waals surface area contributed by atoms with E-state index in [4.69, 9.17) is 11.5 Å². The maximum absolute atomic E-state index is 11.1. The Morgan fingerprint density at radius 1 is 1.54 bits per heavy atom. The molecule has 5 nitrogen and oxygen atoms in total. The number of aromatic amines is 1. The van der Waals surface area contributed by atoms with Gasteiger partial charge in [0.05, 0.1) is 0 Å². The molecule has 0 radical (unpaired) electrons. The van der Waals surface area contributed by atoms with Crippen molar-refractivity contribution in [1.29, 1.82) is 0 Å². The number of nitrogens with one attached hydrogen (secondary N) is 1. The number of thioether (sulfide) groups is 1. The van der Waals surface area contributed by atoms with Crippen LogP contribution in [-0.4, -0.2) is 15.7 Å². The van der Waals surface area contributed by atoms with Gasteiger partial charge >= 0.3 is 0 Å². The lowest BCUT2D eigenvalue weighted by Gasteiger charge is -2.01. The molecule has 0 aliphatic carbocycles. The monoisotopic (exact) mass is 200 g/mol. The Labute approximate surface area is 79.9 Å². The summed E-state index contributed by atoms with van der Waals surface area (Å²) >= 11 is 1.46. The van der Waals surface area contributed by atoms with Gasteiger partial charge in [-0.2, -0.15) is 0 Å². The summed E-state index contributed by atoms with van der Waals surface area (Å²) in [5.74, 6) is 0.995. The van der Waals surface area contributed by atoms with Crippen molar-refractivity contribution in [3.63, 3.8) is 0 Å². The normalized spacial score (nSPS) is 10.2. The van der Waals surface area contributed by atoms with Crippen molar-refractivity contribution < 1.29 is 0 Å². The SMILES string of the molecule is CCCSc1nc(N)c(N)c(=O)[nH]1. The molecule has 0 saturated carbocycles. The van der Waals surface area contributed by atoms with E-state index in [-0.39, 0.29) is 17.1 Å². The highest BCUT2D eigenvalue weighted by Crippen LogP contribution is 2.14. The number of rotatable bonds is 3. The highest BCUT2D eigenvalue weighted by atomic mass is 32.2. The van der Waals surface area contributed by atoms with Crippen molar-refractivity contribution in [2.24, 2.45) is 0 Å². The summed E-state index contributed by atoms with van der Waals surface area (Å²) in [7, 11) is 0. The molecule has 1 heterocycles. The minimum absolute atomic E-state index is 0.0131. The van der Waals surface area contributed by atoms with Gasteiger partial charge in [-0.05, 0) is 6.42 Å². The third kappa shape index (κ3) is 2.38. The van der Waals surface area contributed by atoms with E-state index < -0.39 is 0 Å². The second kappa shape index (κ2) is 4.18.